The molecule has 3 heterocycles. The van der Waals surface area contributed by atoms with Crippen LogP contribution in [0.3, 0.4) is 0 Å². The van der Waals surface area contributed by atoms with E-state index in [2.05, 4.69) is 164 Å². The van der Waals surface area contributed by atoms with Crippen LogP contribution in [0.5, 0.6) is 0 Å². The van der Waals surface area contributed by atoms with Crippen molar-refractivity contribution in [1.29, 1.82) is 0 Å². The molecule has 250 valence electrons. The first kappa shape index (κ1) is 34.4. The molecule has 0 amide bonds. The number of fused-ring (bicyclic) bond motifs is 6. The molecule has 1 aliphatic rings. The minimum atomic E-state index is -0.0375. The second-order valence-electron chi connectivity index (χ2n) is 11.7. The van der Waals surface area contributed by atoms with Gasteiger partial charge in [0.25, 0.3) is 0 Å². The van der Waals surface area contributed by atoms with E-state index in [9.17, 15) is 0 Å². The molecule has 7 aromatic rings. The van der Waals surface area contributed by atoms with Gasteiger partial charge in [-0.25, -0.2) is 4.98 Å². The highest BCUT2D eigenvalue weighted by molar-refractivity contribution is 7.26. The Kier molecular flexibility index (Phi) is 10.6. The Morgan fingerprint density at radius 2 is 1.34 bits per heavy atom. The fourth-order valence-electron chi connectivity index (χ4n) is 6.52. The van der Waals surface area contributed by atoms with Crippen LogP contribution in [0, 0.1) is 0 Å². The van der Waals surface area contributed by atoms with Gasteiger partial charge in [-0.2, -0.15) is 0 Å². The van der Waals surface area contributed by atoms with Gasteiger partial charge in [-0.15, -0.1) is 11.3 Å². The van der Waals surface area contributed by atoms with E-state index < -0.39 is 0 Å². The molecule has 4 heteroatoms. The zero-order valence-corrected chi connectivity index (χ0v) is 30.7. The lowest BCUT2D eigenvalue weighted by Gasteiger charge is -2.28. The van der Waals surface area contributed by atoms with Gasteiger partial charge in [0.2, 0.25) is 0 Å². The number of pyridine rings is 1. The Morgan fingerprint density at radius 3 is 2.04 bits per heavy atom. The maximum atomic E-state index is 5.20. The highest BCUT2D eigenvalue weighted by atomic mass is 32.1. The van der Waals surface area contributed by atoms with Crippen LogP contribution in [0.2, 0.25) is 0 Å². The third kappa shape index (κ3) is 6.35. The summed E-state index contributed by atoms with van der Waals surface area (Å²) in [4.78, 5) is 7.54. The molecule has 0 aliphatic carbocycles. The average molecular weight is 672 g/mol. The van der Waals surface area contributed by atoms with Gasteiger partial charge in [0.05, 0.1) is 22.6 Å². The normalized spacial score (nSPS) is 14.0. The maximum absolute atomic E-state index is 5.20. The number of hydrogen-bond acceptors (Lipinski definition) is 4. The summed E-state index contributed by atoms with van der Waals surface area (Å²) in [6, 6.07) is 43.4. The monoisotopic (exact) mass is 671 g/mol. The van der Waals surface area contributed by atoms with Crippen LogP contribution >= 0.6 is 11.3 Å². The zero-order valence-electron chi connectivity index (χ0n) is 29.9. The highest BCUT2D eigenvalue weighted by Crippen LogP contribution is 2.45. The minimum Gasteiger partial charge on any atom is -0.359 e. The van der Waals surface area contributed by atoms with Gasteiger partial charge in [-0.3, -0.25) is 0 Å². The first-order valence-corrected chi connectivity index (χ1v) is 18.5. The summed E-state index contributed by atoms with van der Waals surface area (Å²) < 4.78 is 2.59. The topological polar surface area (TPSA) is 28.2 Å². The molecular formula is C46H45N3S. The van der Waals surface area contributed by atoms with Crippen LogP contribution in [-0.4, -0.2) is 4.98 Å². The molecule has 0 spiro atoms. The van der Waals surface area contributed by atoms with E-state index in [0.717, 1.165) is 33.8 Å². The van der Waals surface area contributed by atoms with Crippen molar-refractivity contribution in [2.45, 2.75) is 47.7 Å². The molecule has 1 aliphatic heterocycles. The van der Waals surface area contributed by atoms with Crippen molar-refractivity contribution < 1.29 is 0 Å². The Morgan fingerprint density at radius 1 is 0.740 bits per heavy atom. The average Bonchev–Trinajstić information content (AvgIpc) is 3.78. The molecule has 1 unspecified atom stereocenters. The minimum absolute atomic E-state index is 0.0375. The molecule has 5 aromatic carbocycles. The first-order chi connectivity index (χ1) is 24.6. The molecule has 0 saturated carbocycles. The van der Waals surface area contributed by atoms with Crippen LogP contribution in [0.1, 0.15) is 53.3 Å². The number of hydrogen-bond donors (Lipinski definition) is 1. The summed E-state index contributed by atoms with van der Waals surface area (Å²) in [7, 11) is 0. The van der Waals surface area contributed by atoms with Crippen LogP contribution in [-0.2, 0) is 0 Å². The molecule has 0 fully saturated rings. The molecule has 50 heavy (non-hydrogen) atoms. The molecule has 0 bridgehead atoms. The third-order valence-corrected chi connectivity index (χ3v) is 10.2. The van der Waals surface area contributed by atoms with E-state index in [1.807, 2.05) is 45.1 Å². The molecule has 1 atom stereocenters. The first-order valence-electron chi connectivity index (χ1n) is 17.7. The van der Waals surface area contributed by atoms with Crippen molar-refractivity contribution in [2.24, 2.45) is 0 Å². The number of benzene rings is 5. The SMILES string of the molecule is C=C/C(=C\C(C)=C/C)N1c2ccccc2NC1c1ccc(-c2ccc(-c3nc4ccccc4c4sc5ccccc5c34)cc2)cc1.CC.CC. The Balaban J connectivity index is 0.00000104. The molecule has 0 saturated heterocycles. The van der Waals surface area contributed by atoms with E-state index in [1.54, 1.807) is 0 Å². The Hall–Kier alpha value is -5.45. The van der Waals surface area contributed by atoms with Crippen molar-refractivity contribution in [1.82, 2.24) is 4.98 Å². The quantitative estimate of drug-likeness (QED) is 0.178. The van der Waals surface area contributed by atoms with Gasteiger partial charge in [0.15, 0.2) is 0 Å². The number of nitrogens with one attached hydrogen (secondary N) is 1. The molecule has 1 N–H and O–H groups in total. The lowest BCUT2D eigenvalue weighted by molar-refractivity contribution is 0.801. The Labute approximate surface area is 300 Å². The smallest absolute Gasteiger partial charge is 0.130 e. The molecule has 2 aromatic heterocycles. The fourth-order valence-corrected chi connectivity index (χ4v) is 7.76. The summed E-state index contributed by atoms with van der Waals surface area (Å²) in [6.45, 7) is 16.3. The molecule has 0 radical (unpaired) electrons. The predicted octanol–water partition coefficient (Wildman–Crippen LogP) is 14.0. The number of para-hydroxylation sites is 3. The van der Waals surface area contributed by atoms with Crippen molar-refractivity contribution in [2.75, 3.05) is 10.2 Å². The van der Waals surface area contributed by atoms with Gasteiger partial charge >= 0.3 is 0 Å². The van der Waals surface area contributed by atoms with Crippen LogP contribution in [0.25, 0.3) is 53.5 Å². The van der Waals surface area contributed by atoms with E-state index in [1.165, 1.54) is 47.8 Å². The predicted molar refractivity (Wildman–Crippen MR) is 221 cm³/mol. The highest BCUT2D eigenvalue weighted by Gasteiger charge is 2.31. The van der Waals surface area contributed by atoms with Crippen molar-refractivity contribution in [3.63, 3.8) is 0 Å². The van der Waals surface area contributed by atoms with Crippen LogP contribution < -0.4 is 10.2 Å². The lowest BCUT2D eigenvalue weighted by Crippen LogP contribution is -2.26. The summed E-state index contributed by atoms with van der Waals surface area (Å²) in [6.07, 6.45) is 6.22. The number of anilines is 2. The summed E-state index contributed by atoms with van der Waals surface area (Å²) in [5.74, 6) is 0. The van der Waals surface area contributed by atoms with Crippen LogP contribution in [0.15, 0.2) is 157 Å². The molecule has 8 rings (SSSR count). The number of rotatable bonds is 6. The number of nitrogens with zero attached hydrogens (tertiary/aromatic N) is 2. The largest absolute Gasteiger partial charge is 0.359 e. The standard InChI is InChI=1S/C42H33N3S.2C2H6/c1-4-27(3)26-32(5-2)45-37-16-10-9-15-36(37)44-42(45)31-24-20-29(21-25-31)28-18-22-30(23-19-28)40-39-34-13-7-11-17-38(34)46-41(39)33-12-6-8-14-35(33)43-40;2*1-2/h4-26,42,44H,2H2,1,3H3;2*1-2H3/b27-4-,32-26+;;. The van der Waals surface area contributed by atoms with E-state index in [4.69, 9.17) is 4.98 Å². The Bertz CT molecular complexity index is 2330. The summed E-state index contributed by atoms with van der Waals surface area (Å²) in [5, 5.41) is 7.46. The van der Waals surface area contributed by atoms with E-state index >= 15 is 0 Å². The van der Waals surface area contributed by atoms with Gasteiger partial charge in [-0.1, -0.05) is 143 Å². The third-order valence-electron chi connectivity index (χ3n) is 8.96. The maximum Gasteiger partial charge on any atom is 0.130 e. The van der Waals surface area contributed by atoms with Crippen LogP contribution in [0.4, 0.5) is 11.4 Å². The zero-order chi connectivity index (χ0) is 35.2. The second-order valence-corrected chi connectivity index (χ2v) is 12.8. The number of thiophene rings is 1. The fraction of sp³-hybridized carbons (Fsp3) is 0.152. The van der Waals surface area contributed by atoms with Gasteiger partial charge in [0.1, 0.15) is 6.17 Å². The van der Waals surface area contributed by atoms with Crippen molar-refractivity contribution in [3.05, 3.63) is 163 Å². The second kappa shape index (κ2) is 15.4. The number of aromatic nitrogens is 1. The van der Waals surface area contributed by atoms with Gasteiger partial charge in [0, 0.05) is 36.8 Å². The van der Waals surface area contributed by atoms with Gasteiger partial charge < -0.3 is 10.2 Å². The van der Waals surface area contributed by atoms with Gasteiger partial charge in [-0.05, 0) is 67.0 Å². The lowest BCUT2D eigenvalue weighted by atomic mass is 9.98. The van der Waals surface area contributed by atoms with E-state index in [0.29, 0.717) is 0 Å². The van der Waals surface area contributed by atoms with Crippen molar-refractivity contribution in [3.8, 4) is 22.4 Å². The molecular weight excluding hydrogens is 627 g/mol. The van der Waals surface area contributed by atoms with E-state index in [-0.39, 0.29) is 6.17 Å². The van der Waals surface area contributed by atoms with Crippen molar-refractivity contribution >= 4 is 53.8 Å². The summed E-state index contributed by atoms with van der Waals surface area (Å²) >= 11 is 1.85. The summed E-state index contributed by atoms with van der Waals surface area (Å²) in [5.41, 5.74) is 11.3. The molecule has 3 nitrogen and oxygen atoms in total. The number of allylic oxidation sites excluding steroid dienone is 4.